The van der Waals surface area contributed by atoms with Crippen LogP contribution in [0.15, 0.2) is 95.4 Å². The summed E-state index contributed by atoms with van der Waals surface area (Å²) in [6.07, 6.45) is 9.81. The number of esters is 5. The van der Waals surface area contributed by atoms with Gasteiger partial charge in [0.05, 0.1) is 55.0 Å². The first-order valence-electron chi connectivity index (χ1n) is 26.7. The van der Waals surface area contributed by atoms with Crippen molar-refractivity contribution in [3.63, 3.8) is 0 Å². The van der Waals surface area contributed by atoms with Crippen LogP contribution in [0.25, 0.3) is 11.4 Å². The van der Waals surface area contributed by atoms with Crippen LogP contribution in [0, 0.1) is 27.7 Å². The predicted molar refractivity (Wildman–Crippen MR) is 309 cm³/mol. The SMILES string of the molecule is CC(=O)O.CC(=O)O.CCOC(C)=O.COC(=O)C1(OC(=O)CC[C@@H]2N=C(c3ccccn3)c3cc(Cl)c(C)cc3-n3c(C)cnc32)CC1.COC(=O)C1(OC(=O)CC[C@@H]2N=C(c3ccccn3)c3cc(Cl)c(C)cc3-n3c(C)cnc32)CC1. The molecule has 2 saturated carbocycles. The lowest BCUT2D eigenvalue weighted by Crippen LogP contribution is -2.30. The minimum Gasteiger partial charge on any atom is -0.481 e. The first kappa shape index (κ1) is 64.5. The molecule has 2 atom stereocenters. The van der Waals surface area contributed by atoms with Crippen molar-refractivity contribution >= 4 is 76.4 Å². The van der Waals surface area contributed by atoms with E-state index in [4.69, 9.17) is 71.9 Å². The van der Waals surface area contributed by atoms with E-state index < -0.39 is 59.1 Å². The smallest absolute Gasteiger partial charge is 0.350 e. The minimum atomic E-state index is -1.13. The molecule has 2 aromatic carbocycles. The van der Waals surface area contributed by atoms with E-state index in [9.17, 15) is 24.0 Å². The van der Waals surface area contributed by atoms with Crippen molar-refractivity contribution in [1.82, 2.24) is 29.1 Å². The summed E-state index contributed by atoms with van der Waals surface area (Å²) in [6.45, 7) is 13.7. The number of hydrogen-bond donors (Lipinski definition) is 2. The number of aliphatic carboxylic acids is 2. The third-order valence-corrected chi connectivity index (χ3v) is 14.0. The van der Waals surface area contributed by atoms with E-state index >= 15 is 0 Å². The van der Waals surface area contributed by atoms with Gasteiger partial charge in [0.1, 0.15) is 23.7 Å². The van der Waals surface area contributed by atoms with Gasteiger partial charge in [-0.05, 0) is 107 Å². The highest BCUT2D eigenvalue weighted by Gasteiger charge is 2.56. The van der Waals surface area contributed by atoms with Crippen molar-refractivity contribution in [1.29, 1.82) is 0 Å². The first-order chi connectivity index (χ1) is 39.9. The fourth-order valence-corrected chi connectivity index (χ4v) is 9.33. The van der Waals surface area contributed by atoms with Gasteiger partial charge in [0.25, 0.3) is 11.9 Å². The average Bonchev–Trinajstić information content (AvgIpc) is 2.35. The maximum Gasteiger partial charge on any atom is 0.350 e. The molecule has 2 aliphatic heterocycles. The Kier molecular flexibility index (Phi) is 22.0. The summed E-state index contributed by atoms with van der Waals surface area (Å²) in [5.74, 6) is -2.38. The fraction of sp³-hybridized carbons (Fsp3) is 0.383. The number of rotatable bonds is 13. The molecular weight excluding hydrogens is 1130 g/mol. The van der Waals surface area contributed by atoms with Crippen molar-refractivity contribution in [3.8, 4) is 11.4 Å². The predicted octanol–water partition coefficient (Wildman–Crippen LogP) is 9.67. The monoisotopic (exact) mass is 1190 g/mol. The van der Waals surface area contributed by atoms with Gasteiger partial charge < -0.3 is 33.9 Å². The molecule has 2 fully saturated rings. The number of carbonyl (C=O) groups is 7. The van der Waals surface area contributed by atoms with E-state index in [1.807, 2.05) is 88.4 Å². The maximum absolute atomic E-state index is 12.7. The molecule has 0 amide bonds. The van der Waals surface area contributed by atoms with Crippen molar-refractivity contribution in [3.05, 3.63) is 152 Å². The summed E-state index contributed by atoms with van der Waals surface area (Å²) < 4.78 is 29.1. The van der Waals surface area contributed by atoms with Crippen LogP contribution in [0.1, 0.15) is 148 Å². The summed E-state index contributed by atoms with van der Waals surface area (Å²) in [5.41, 5.74) is 7.76. The highest BCUT2D eigenvalue weighted by Crippen LogP contribution is 2.43. The number of aromatic nitrogens is 6. The second kappa shape index (κ2) is 28.6. The van der Waals surface area contributed by atoms with Crippen molar-refractivity contribution in [2.45, 2.75) is 130 Å². The lowest BCUT2D eigenvalue weighted by atomic mass is 10.0. The molecule has 84 heavy (non-hydrogen) atoms. The lowest BCUT2D eigenvalue weighted by molar-refractivity contribution is -0.169. The molecule has 2 N–H and O–H groups in total. The molecule has 24 heteroatoms. The van der Waals surface area contributed by atoms with Gasteiger partial charge >= 0.3 is 29.8 Å². The number of pyridine rings is 2. The van der Waals surface area contributed by atoms with Crippen molar-refractivity contribution in [2.24, 2.45) is 9.98 Å². The zero-order valence-corrected chi connectivity index (χ0v) is 49.7. The van der Waals surface area contributed by atoms with E-state index in [1.54, 1.807) is 31.7 Å². The summed E-state index contributed by atoms with van der Waals surface area (Å²) in [4.78, 5) is 106. The van der Waals surface area contributed by atoms with Crippen molar-refractivity contribution in [2.75, 3.05) is 20.8 Å². The van der Waals surface area contributed by atoms with Gasteiger partial charge in [-0.1, -0.05) is 35.3 Å². The number of nitrogens with zero attached hydrogens (tertiary/aromatic N) is 8. The Bertz CT molecular complexity index is 3250. The number of aliphatic imine (C=N–C) groups is 2. The molecular formula is C60H66Cl2N8O14. The van der Waals surface area contributed by atoms with Gasteiger partial charge in [0, 0.05) is 117 Å². The molecule has 4 aliphatic rings. The Morgan fingerprint density at radius 2 is 0.964 bits per heavy atom. The van der Waals surface area contributed by atoms with Crippen LogP contribution in [0.5, 0.6) is 0 Å². The molecule has 22 nitrogen and oxygen atoms in total. The third-order valence-electron chi connectivity index (χ3n) is 13.2. The Morgan fingerprint density at radius 3 is 1.25 bits per heavy atom. The van der Waals surface area contributed by atoms with E-state index in [-0.39, 0.29) is 18.8 Å². The van der Waals surface area contributed by atoms with Crippen LogP contribution in [0.2, 0.25) is 10.0 Å². The number of aryl methyl sites for hydroxylation is 4. The summed E-state index contributed by atoms with van der Waals surface area (Å²) in [5, 5.41) is 16.1. The fourth-order valence-electron chi connectivity index (χ4n) is 9.00. The van der Waals surface area contributed by atoms with E-state index in [2.05, 4.69) is 33.8 Å². The number of imidazole rings is 2. The van der Waals surface area contributed by atoms with Gasteiger partial charge in [0.15, 0.2) is 0 Å². The Hall–Kier alpha value is -8.63. The number of carboxylic acid groups (broad SMARTS) is 2. The standard InChI is InChI=1S/2C26H25ClN4O4.C4H8O2.2C2H4O2/c2*1-15-12-21-17(13-18(15)27)23(19-6-4-5-11-28-19)30-20(24-29-14-16(2)31(21)24)7-8-22(32)35-26(9-10-26)25(33)34-3;1-3-6-4(2)5;2*1-2(3)4/h2*4-6,11-14,20H,7-10H2,1-3H3;3H2,1-2H3;2*1H3,(H,3,4)/t2*20-;;;/m00.../s1. The molecule has 2 aliphatic carbocycles. The Balaban J connectivity index is 0.000000220. The van der Waals surface area contributed by atoms with E-state index in [0.29, 0.717) is 78.0 Å². The highest BCUT2D eigenvalue weighted by atomic mass is 35.5. The number of hydrogen-bond acceptors (Lipinski definition) is 18. The van der Waals surface area contributed by atoms with Crippen LogP contribution in [-0.4, -0.2) is 125 Å². The quantitative estimate of drug-likeness (QED) is 0.0803. The number of methoxy groups -OCH3 is 2. The molecule has 0 unspecified atom stereocenters. The molecule has 4 aromatic heterocycles. The molecule has 0 bridgehead atoms. The van der Waals surface area contributed by atoms with Crippen LogP contribution < -0.4 is 0 Å². The number of halogens is 2. The molecule has 0 saturated heterocycles. The third kappa shape index (κ3) is 16.1. The van der Waals surface area contributed by atoms with Crippen molar-refractivity contribution < 1.29 is 67.5 Å². The number of carboxylic acids is 2. The number of carbonyl (C=O) groups excluding carboxylic acids is 5. The topological polar surface area (TPSA) is 292 Å². The lowest BCUT2D eigenvalue weighted by Gasteiger charge is -2.16. The summed E-state index contributed by atoms with van der Waals surface area (Å²) in [6, 6.07) is 18.3. The first-order valence-corrected chi connectivity index (χ1v) is 27.5. The van der Waals surface area contributed by atoms with E-state index in [0.717, 1.165) is 70.5 Å². The van der Waals surface area contributed by atoms with Crippen LogP contribution in [0.3, 0.4) is 0 Å². The van der Waals surface area contributed by atoms with Gasteiger partial charge in [-0.3, -0.25) is 53.1 Å². The van der Waals surface area contributed by atoms with Gasteiger partial charge in [-0.15, -0.1) is 0 Å². The molecule has 6 heterocycles. The zero-order chi connectivity index (χ0) is 61.6. The van der Waals surface area contributed by atoms with Crippen LogP contribution in [-0.2, 0) is 57.2 Å². The Labute approximate surface area is 495 Å². The average molecular weight is 1190 g/mol. The molecule has 0 radical (unpaired) electrons. The zero-order valence-electron chi connectivity index (χ0n) is 48.2. The van der Waals surface area contributed by atoms with Crippen LogP contribution in [0.4, 0.5) is 0 Å². The molecule has 0 spiro atoms. The second-order valence-electron chi connectivity index (χ2n) is 19.8. The number of fused-ring (bicyclic) bond motifs is 6. The molecule has 10 rings (SSSR count). The molecule has 6 aromatic rings. The number of ether oxygens (including phenoxy) is 5. The largest absolute Gasteiger partial charge is 0.481 e. The van der Waals surface area contributed by atoms with Gasteiger partial charge in [-0.25, -0.2) is 19.6 Å². The highest BCUT2D eigenvalue weighted by molar-refractivity contribution is 6.32. The Morgan fingerprint density at radius 1 is 0.595 bits per heavy atom. The van der Waals surface area contributed by atoms with Crippen LogP contribution >= 0.6 is 23.2 Å². The van der Waals surface area contributed by atoms with E-state index in [1.165, 1.54) is 21.1 Å². The molecule has 444 valence electrons. The normalized spacial score (nSPS) is 15.7. The maximum atomic E-state index is 12.7. The van der Waals surface area contributed by atoms with Gasteiger partial charge in [-0.2, -0.15) is 0 Å². The number of benzene rings is 2. The minimum absolute atomic E-state index is 0.0739. The second-order valence-corrected chi connectivity index (χ2v) is 20.6. The van der Waals surface area contributed by atoms with Gasteiger partial charge in [0.2, 0.25) is 11.2 Å². The summed E-state index contributed by atoms with van der Waals surface area (Å²) >= 11 is 13.1. The summed E-state index contributed by atoms with van der Waals surface area (Å²) in [7, 11) is 2.59.